The number of amides is 2. The van der Waals surface area contributed by atoms with E-state index < -0.39 is 6.04 Å². The van der Waals surface area contributed by atoms with Crippen LogP contribution in [-0.2, 0) is 14.3 Å². The maximum Gasteiger partial charge on any atom is 0.245 e. The molecule has 0 saturated carbocycles. The van der Waals surface area contributed by atoms with Crippen LogP contribution in [0.15, 0.2) is 0 Å². The molecule has 0 spiro atoms. The van der Waals surface area contributed by atoms with E-state index in [9.17, 15) is 9.59 Å². The second-order valence-electron chi connectivity index (χ2n) is 4.22. The fourth-order valence-corrected chi connectivity index (χ4v) is 1.21. The van der Waals surface area contributed by atoms with Gasteiger partial charge >= 0.3 is 0 Å². The molecular weight excluding hydrogens is 208 g/mol. The molecule has 0 heterocycles. The minimum absolute atomic E-state index is 0.242. The lowest BCUT2D eigenvalue weighted by molar-refractivity contribution is -0.131. The Morgan fingerprint density at radius 3 is 2.19 bits per heavy atom. The summed E-state index contributed by atoms with van der Waals surface area (Å²) in [6.45, 7) is 7.78. The van der Waals surface area contributed by atoms with E-state index in [0.717, 1.165) is 0 Å². The Kier molecular flexibility index (Phi) is 6.72. The summed E-state index contributed by atoms with van der Waals surface area (Å²) in [6.07, 6.45) is -0.341. The Morgan fingerprint density at radius 1 is 1.25 bits per heavy atom. The lowest BCUT2D eigenvalue weighted by atomic mass is 10.1. The van der Waals surface area contributed by atoms with Crippen molar-refractivity contribution in [1.82, 2.24) is 10.6 Å². The first-order valence-corrected chi connectivity index (χ1v) is 5.48. The number of nitrogens with one attached hydrogen (secondary N) is 2. The van der Waals surface area contributed by atoms with Gasteiger partial charge in [-0.2, -0.15) is 0 Å². The molecule has 0 aliphatic carbocycles. The van der Waals surface area contributed by atoms with Crippen LogP contribution in [0.2, 0.25) is 0 Å². The molecule has 0 fully saturated rings. The van der Waals surface area contributed by atoms with Gasteiger partial charge in [0.25, 0.3) is 0 Å². The van der Waals surface area contributed by atoms with Crippen LogP contribution in [0.1, 0.15) is 27.7 Å². The van der Waals surface area contributed by atoms with Gasteiger partial charge in [0, 0.05) is 20.6 Å². The fourth-order valence-electron chi connectivity index (χ4n) is 1.21. The van der Waals surface area contributed by atoms with Crippen molar-refractivity contribution in [2.45, 2.75) is 39.8 Å². The third-order valence-electron chi connectivity index (χ3n) is 2.05. The molecule has 0 bridgehead atoms. The van der Waals surface area contributed by atoms with Gasteiger partial charge in [-0.3, -0.25) is 9.59 Å². The van der Waals surface area contributed by atoms with Crippen LogP contribution in [0, 0.1) is 5.92 Å². The van der Waals surface area contributed by atoms with Crippen LogP contribution in [0.25, 0.3) is 0 Å². The second-order valence-corrected chi connectivity index (χ2v) is 4.22. The third-order valence-corrected chi connectivity index (χ3v) is 2.05. The highest BCUT2D eigenvalue weighted by Crippen LogP contribution is 2.03. The zero-order chi connectivity index (χ0) is 12.7. The average Bonchev–Trinajstić information content (AvgIpc) is 2.21. The topological polar surface area (TPSA) is 67.4 Å². The summed E-state index contributed by atoms with van der Waals surface area (Å²) in [5, 5.41) is 5.08. The Labute approximate surface area is 96.9 Å². The van der Waals surface area contributed by atoms with Gasteiger partial charge in [-0.25, -0.2) is 0 Å². The normalized spacial score (nSPS) is 14.4. The number of hydrogen-bond donors (Lipinski definition) is 2. The molecule has 2 unspecified atom stereocenters. The van der Waals surface area contributed by atoms with Crippen LogP contribution in [-0.4, -0.2) is 37.6 Å². The van der Waals surface area contributed by atoms with E-state index in [1.165, 1.54) is 14.0 Å². The Balaban J connectivity index is 4.37. The van der Waals surface area contributed by atoms with Crippen LogP contribution in [0.3, 0.4) is 0 Å². The smallest absolute Gasteiger partial charge is 0.245 e. The van der Waals surface area contributed by atoms with Crippen molar-refractivity contribution in [3.8, 4) is 0 Å². The lowest BCUT2D eigenvalue weighted by Gasteiger charge is -2.24. The summed E-state index contributed by atoms with van der Waals surface area (Å²) in [5.74, 6) is -0.0924. The quantitative estimate of drug-likeness (QED) is 0.689. The number of carbonyl (C=O) groups is 2. The van der Waals surface area contributed by atoms with Crippen molar-refractivity contribution in [3.63, 3.8) is 0 Å². The van der Waals surface area contributed by atoms with Crippen molar-refractivity contribution in [3.05, 3.63) is 0 Å². The summed E-state index contributed by atoms with van der Waals surface area (Å²) in [7, 11) is 1.53. The van der Waals surface area contributed by atoms with E-state index >= 15 is 0 Å². The predicted octanol–water partition coefficient (Wildman–Crippen LogP) is 0.298. The summed E-state index contributed by atoms with van der Waals surface area (Å²) in [4.78, 5) is 22.5. The monoisotopic (exact) mass is 230 g/mol. The largest absolute Gasteiger partial charge is 0.376 e. The van der Waals surface area contributed by atoms with Crippen molar-refractivity contribution < 1.29 is 14.3 Å². The molecule has 0 aromatic heterocycles. The molecule has 0 aliphatic heterocycles. The molecule has 94 valence electrons. The molecule has 2 amide bonds. The van der Waals surface area contributed by atoms with E-state index in [1.807, 2.05) is 13.8 Å². The molecule has 5 nitrogen and oxygen atoms in total. The van der Waals surface area contributed by atoms with Crippen molar-refractivity contribution >= 4 is 11.8 Å². The molecular formula is C11H22N2O3. The molecule has 0 aromatic carbocycles. The SMILES string of the molecule is CNC(=O)C(NC(C)=O)C(C)OCC(C)C. The van der Waals surface area contributed by atoms with Crippen LogP contribution in [0.4, 0.5) is 0 Å². The molecule has 0 rings (SSSR count). The maximum atomic E-state index is 11.5. The molecule has 0 aromatic rings. The second kappa shape index (κ2) is 7.22. The van der Waals surface area contributed by atoms with Gasteiger partial charge in [-0.15, -0.1) is 0 Å². The molecule has 5 heteroatoms. The highest BCUT2D eigenvalue weighted by molar-refractivity contribution is 5.87. The Hall–Kier alpha value is -1.10. The van der Waals surface area contributed by atoms with Gasteiger partial charge in [0.05, 0.1) is 6.10 Å². The number of carbonyl (C=O) groups excluding carboxylic acids is 2. The van der Waals surface area contributed by atoms with E-state index in [-0.39, 0.29) is 17.9 Å². The Morgan fingerprint density at radius 2 is 1.81 bits per heavy atom. The van der Waals surface area contributed by atoms with Gasteiger partial charge in [0.1, 0.15) is 6.04 Å². The first-order chi connectivity index (χ1) is 7.38. The molecule has 2 N–H and O–H groups in total. The van der Waals surface area contributed by atoms with Gasteiger partial charge in [-0.05, 0) is 12.8 Å². The first-order valence-electron chi connectivity index (χ1n) is 5.48. The highest BCUT2D eigenvalue weighted by Gasteiger charge is 2.25. The van der Waals surface area contributed by atoms with E-state index in [1.54, 1.807) is 6.92 Å². The van der Waals surface area contributed by atoms with Gasteiger partial charge < -0.3 is 15.4 Å². The minimum Gasteiger partial charge on any atom is -0.376 e. The van der Waals surface area contributed by atoms with Crippen LogP contribution in [0.5, 0.6) is 0 Å². The zero-order valence-corrected chi connectivity index (χ0v) is 10.7. The summed E-state index contributed by atoms with van der Waals surface area (Å²) < 4.78 is 5.51. The molecule has 0 aliphatic rings. The fraction of sp³-hybridized carbons (Fsp3) is 0.818. The summed E-state index contributed by atoms with van der Waals surface area (Å²) in [6, 6.07) is -0.638. The van der Waals surface area contributed by atoms with Gasteiger partial charge in [0.15, 0.2) is 0 Å². The summed E-state index contributed by atoms with van der Waals surface area (Å²) in [5.41, 5.74) is 0. The highest BCUT2D eigenvalue weighted by atomic mass is 16.5. The van der Waals surface area contributed by atoms with Crippen molar-refractivity contribution in [1.29, 1.82) is 0 Å². The molecule has 0 radical (unpaired) electrons. The van der Waals surface area contributed by atoms with Crippen molar-refractivity contribution in [2.24, 2.45) is 5.92 Å². The third kappa shape index (κ3) is 5.70. The van der Waals surface area contributed by atoms with Crippen molar-refractivity contribution in [2.75, 3.05) is 13.7 Å². The van der Waals surface area contributed by atoms with Crippen LogP contribution >= 0.6 is 0 Å². The number of ether oxygens (including phenoxy) is 1. The number of likely N-dealkylation sites (N-methyl/N-ethyl adjacent to an activating group) is 1. The molecule has 2 atom stereocenters. The maximum absolute atomic E-state index is 11.5. The standard InChI is InChI=1S/C11H22N2O3/c1-7(2)6-16-8(3)10(11(15)12-5)13-9(4)14/h7-8,10H,6H2,1-5H3,(H,12,15)(H,13,14). The van der Waals surface area contributed by atoms with Gasteiger partial charge in [-0.1, -0.05) is 13.8 Å². The average molecular weight is 230 g/mol. The van der Waals surface area contributed by atoms with E-state index in [2.05, 4.69) is 10.6 Å². The lowest BCUT2D eigenvalue weighted by Crippen LogP contribution is -2.52. The Bertz CT molecular complexity index is 241. The predicted molar refractivity (Wildman–Crippen MR) is 61.9 cm³/mol. The van der Waals surface area contributed by atoms with Gasteiger partial charge in [0.2, 0.25) is 11.8 Å². The van der Waals surface area contributed by atoms with Crippen LogP contribution < -0.4 is 10.6 Å². The zero-order valence-electron chi connectivity index (χ0n) is 10.7. The minimum atomic E-state index is -0.638. The van der Waals surface area contributed by atoms with E-state index in [0.29, 0.717) is 12.5 Å². The first kappa shape index (κ1) is 14.9. The molecule has 16 heavy (non-hydrogen) atoms. The number of hydrogen-bond acceptors (Lipinski definition) is 3. The summed E-state index contributed by atoms with van der Waals surface area (Å²) >= 11 is 0. The number of rotatable bonds is 6. The molecule has 0 saturated heterocycles. The van der Waals surface area contributed by atoms with E-state index in [4.69, 9.17) is 4.74 Å².